The second kappa shape index (κ2) is 4.59. The molecule has 1 nitrogen and oxygen atoms in total. The van der Waals surface area contributed by atoms with Crippen molar-refractivity contribution >= 4 is 38.5 Å². The van der Waals surface area contributed by atoms with Crippen molar-refractivity contribution in [2.45, 2.75) is 11.8 Å². The predicted octanol–water partition coefficient (Wildman–Crippen LogP) is 3.66. The zero-order valence-electron chi connectivity index (χ0n) is 6.20. The van der Waals surface area contributed by atoms with Gasteiger partial charge in [0.05, 0.1) is 11.8 Å². The maximum absolute atomic E-state index is 13.0. The van der Waals surface area contributed by atoms with Gasteiger partial charge in [-0.2, -0.15) is 0 Å². The van der Waals surface area contributed by atoms with E-state index in [1.165, 1.54) is 0 Å². The Labute approximate surface area is 95.0 Å². The van der Waals surface area contributed by atoms with Crippen LogP contribution >= 0.6 is 38.5 Å². The number of rotatable bonds is 2. The molecular weight excluding hydrogens is 362 g/mol. The Hall–Kier alpha value is 0.150. The van der Waals surface area contributed by atoms with Crippen molar-refractivity contribution < 1.29 is 13.2 Å². The lowest BCUT2D eigenvalue weighted by Gasteiger charge is -2.08. The number of alkyl halides is 3. The van der Waals surface area contributed by atoms with E-state index in [0.717, 1.165) is 6.20 Å². The smallest absolute Gasteiger partial charge is 0.247 e. The second-order valence-corrected chi connectivity index (χ2v) is 3.81. The van der Waals surface area contributed by atoms with Gasteiger partial charge in [0, 0.05) is 10.9 Å². The summed E-state index contributed by atoms with van der Waals surface area (Å²) >= 11 is 4.62. The third-order valence-corrected chi connectivity index (χ3v) is 2.90. The summed E-state index contributed by atoms with van der Waals surface area (Å²) in [7, 11) is 0. The van der Waals surface area contributed by atoms with E-state index in [4.69, 9.17) is 0 Å². The minimum atomic E-state index is -2.69. The second-order valence-electron chi connectivity index (χ2n) is 2.22. The molecule has 0 radical (unpaired) electrons. The normalized spacial score (nSPS) is 10.9. The molecule has 72 valence electrons. The van der Waals surface area contributed by atoms with Crippen LogP contribution in [0.3, 0.4) is 0 Å². The zero-order chi connectivity index (χ0) is 10.0. The van der Waals surface area contributed by atoms with Crippen LogP contribution in [0, 0.1) is 9.52 Å². The van der Waals surface area contributed by atoms with Crippen LogP contribution in [0.15, 0.2) is 6.20 Å². The van der Waals surface area contributed by atoms with E-state index in [2.05, 4.69) is 20.9 Å². The van der Waals surface area contributed by atoms with Crippen LogP contribution < -0.4 is 0 Å². The van der Waals surface area contributed by atoms with E-state index in [1.54, 1.807) is 22.6 Å². The van der Waals surface area contributed by atoms with Crippen LogP contribution in [-0.4, -0.2) is 4.98 Å². The van der Waals surface area contributed by atoms with E-state index in [1.807, 2.05) is 0 Å². The Bertz CT molecular complexity index is 319. The maximum atomic E-state index is 13.0. The van der Waals surface area contributed by atoms with Gasteiger partial charge in [-0.15, -0.1) is 0 Å². The molecule has 1 aromatic heterocycles. The Morgan fingerprint density at radius 2 is 2.15 bits per heavy atom. The molecule has 13 heavy (non-hydrogen) atoms. The lowest BCUT2D eigenvalue weighted by molar-refractivity contribution is 0.148. The highest BCUT2D eigenvalue weighted by molar-refractivity contribution is 14.1. The van der Waals surface area contributed by atoms with Crippen LogP contribution in [0.1, 0.15) is 17.6 Å². The van der Waals surface area contributed by atoms with Crippen LogP contribution in [0.5, 0.6) is 0 Å². The van der Waals surface area contributed by atoms with Crippen LogP contribution in [0.2, 0.25) is 0 Å². The van der Waals surface area contributed by atoms with Crippen molar-refractivity contribution in [1.29, 1.82) is 0 Å². The standard InChI is InChI=1S/C7H4BrF3IN/c8-1-3-4(9)2-13-7(12)5(3)6(10)11/h2,6H,1H2. The third kappa shape index (κ3) is 2.34. The minimum Gasteiger partial charge on any atom is -0.247 e. The first kappa shape index (κ1) is 11.2. The SMILES string of the molecule is Fc1cnc(I)c(C(F)F)c1CBr. The molecular formula is C7H4BrF3IN. The van der Waals surface area contributed by atoms with Crippen molar-refractivity contribution in [2.24, 2.45) is 0 Å². The Kier molecular flexibility index (Phi) is 3.96. The molecule has 0 fully saturated rings. The van der Waals surface area contributed by atoms with Gasteiger partial charge < -0.3 is 0 Å². The molecule has 0 bridgehead atoms. The van der Waals surface area contributed by atoms with E-state index in [9.17, 15) is 13.2 Å². The van der Waals surface area contributed by atoms with Gasteiger partial charge in [-0.25, -0.2) is 18.2 Å². The fourth-order valence-electron chi connectivity index (χ4n) is 0.872. The number of aromatic nitrogens is 1. The molecule has 0 saturated heterocycles. The first-order valence-electron chi connectivity index (χ1n) is 3.24. The molecule has 0 saturated carbocycles. The Balaban J connectivity index is 3.35. The summed E-state index contributed by atoms with van der Waals surface area (Å²) in [6.07, 6.45) is -1.74. The Morgan fingerprint density at radius 3 is 2.54 bits per heavy atom. The molecule has 1 rings (SSSR count). The molecule has 0 aliphatic heterocycles. The van der Waals surface area contributed by atoms with Crippen molar-refractivity contribution in [3.05, 3.63) is 26.8 Å². The summed E-state index contributed by atoms with van der Waals surface area (Å²) in [6, 6.07) is 0. The van der Waals surface area contributed by atoms with Gasteiger partial charge in [0.15, 0.2) is 0 Å². The van der Waals surface area contributed by atoms with Crippen LogP contribution in [-0.2, 0) is 5.33 Å². The fourth-order valence-corrected chi connectivity index (χ4v) is 2.14. The van der Waals surface area contributed by atoms with E-state index in [0.29, 0.717) is 0 Å². The minimum absolute atomic E-state index is 0.0191. The number of nitrogens with zero attached hydrogens (tertiary/aromatic N) is 1. The van der Waals surface area contributed by atoms with Crippen molar-refractivity contribution in [3.8, 4) is 0 Å². The molecule has 0 aromatic carbocycles. The lowest BCUT2D eigenvalue weighted by Crippen LogP contribution is -2.02. The number of pyridine rings is 1. The summed E-state index contributed by atoms with van der Waals surface area (Å²) < 4.78 is 37.9. The van der Waals surface area contributed by atoms with E-state index in [-0.39, 0.29) is 20.2 Å². The number of hydrogen-bond acceptors (Lipinski definition) is 1. The lowest BCUT2D eigenvalue weighted by atomic mass is 10.1. The molecule has 0 aliphatic carbocycles. The van der Waals surface area contributed by atoms with Crippen LogP contribution in [0.4, 0.5) is 13.2 Å². The van der Waals surface area contributed by atoms with Gasteiger partial charge in [0.2, 0.25) is 0 Å². The topological polar surface area (TPSA) is 12.9 Å². The highest BCUT2D eigenvalue weighted by Crippen LogP contribution is 2.29. The van der Waals surface area contributed by atoms with Crippen molar-refractivity contribution in [3.63, 3.8) is 0 Å². The molecule has 0 aliphatic rings. The summed E-state index contributed by atoms with van der Waals surface area (Å²) in [6.45, 7) is 0. The molecule has 0 atom stereocenters. The average Bonchev–Trinajstić information content (AvgIpc) is 2.07. The van der Waals surface area contributed by atoms with E-state index >= 15 is 0 Å². The summed E-state index contributed by atoms with van der Waals surface area (Å²) in [4.78, 5) is 3.52. The first-order chi connectivity index (χ1) is 6.07. The summed E-state index contributed by atoms with van der Waals surface area (Å²) in [5.74, 6) is -0.701. The fraction of sp³-hybridized carbons (Fsp3) is 0.286. The highest BCUT2D eigenvalue weighted by Gasteiger charge is 2.20. The molecule has 0 unspecified atom stereocenters. The van der Waals surface area contributed by atoms with Gasteiger partial charge in [-0.1, -0.05) is 15.9 Å². The quantitative estimate of drug-likeness (QED) is 0.443. The molecule has 6 heteroatoms. The maximum Gasteiger partial charge on any atom is 0.266 e. The molecule has 1 aromatic rings. The first-order valence-corrected chi connectivity index (χ1v) is 5.44. The van der Waals surface area contributed by atoms with Crippen molar-refractivity contribution in [2.75, 3.05) is 0 Å². The van der Waals surface area contributed by atoms with Gasteiger partial charge >= 0.3 is 0 Å². The highest BCUT2D eigenvalue weighted by atomic mass is 127. The van der Waals surface area contributed by atoms with Crippen molar-refractivity contribution in [1.82, 2.24) is 4.98 Å². The molecule has 0 amide bonds. The van der Waals surface area contributed by atoms with Gasteiger partial charge in [0.1, 0.15) is 9.52 Å². The number of hydrogen-bond donors (Lipinski definition) is 0. The van der Waals surface area contributed by atoms with Gasteiger partial charge in [-0.05, 0) is 22.6 Å². The summed E-state index contributed by atoms with van der Waals surface area (Å²) in [5.41, 5.74) is -0.341. The predicted molar refractivity (Wildman–Crippen MR) is 54.5 cm³/mol. The number of halogens is 5. The monoisotopic (exact) mass is 365 g/mol. The van der Waals surface area contributed by atoms with Gasteiger partial charge in [-0.3, -0.25) is 0 Å². The zero-order valence-corrected chi connectivity index (χ0v) is 9.94. The largest absolute Gasteiger partial charge is 0.266 e. The van der Waals surface area contributed by atoms with Crippen LogP contribution in [0.25, 0.3) is 0 Å². The molecule has 1 heterocycles. The third-order valence-electron chi connectivity index (χ3n) is 1.48. The summed E-state index contributed by atoms with van der Waals surface area (Å²) in [5, 5.41) is 0.0665. The van der Waals surface area contributed by atoms with Gasteiger partial charge in [0.25, 0.3) is 6.43 Å². The molecule has 0 spiro atoms. The Morgan fingerprint density at radius 1 is 1.54 bits per heavy atom. The van der Waals surface area contributed by atoms with E-state index < -0.39 is 12.2 Å². The average molecular weight is 366 g/mol. The molecule has 0 N–H and O–H groups in total.